The highest BCUT2D eigenvalue weighted by Gasteiger charge is 2.50. The second kappa shape index (κ2) is 2.74. The molecule has 1 spiro atoms. The Morgan fingerprint density at radius 1 is 1.29 bits per heavy atom. The largest absolute Gasteiger partial charge is 0.323 e. The Morgan fingerprint density at radius 2 is 2.07 bits per heavy atom. The van der Waals surface area contributed by atoms with Crippen LogP contribution >= 0.6 is 11.6 Å². The lowest BCUT2D eigenvalue weighted by Crippen LogP contribution is -2.28. The molecule has 1 atom stereocenters. The maximum Gasteiger partial charge on any atom is 0.0441 e. The van der Waals surface area contributed by atoms with Crippen LogP contribution in [0.1, 0.15) is 36.4 Å². The van der Waals surface area contributed by atoms with Crippen molar-refractivity contribution in [3.05, 3.63) is 34.3 Å². The standard InChI is InChI=1S/C12H14ClN/c13-10-3-1-2-9-8(10)4-5-12(6-7-12)11(9)14/h1-3,11H,4-7,14H2. The number of benzene rings is 1. The molecular weight excluding hydrogens is 194 g/mol. The highest BCUT2D eigenvalue weighted by molar-refractivity contribution is 6.31. The van der Waals surface area contributed by atoms with E-state index in [2.05, 4.69) is 6.07 Å². The summed E-state index contributed by atoms with van der Waals surface area (Å²) in [4.78, 5) is 0. The number of fused-ring (bicyclic) bond motifs is 1. The van der Waals surface area contributed by atoms with Crippen molar-refractivity contribution in [3.8, 4) is 0 Å². The molecule has 0 amide bonds. The maximum atomic E-state index is 6.30. The molecule has 0 heterocycles. The van der Waals surface area contributed by atoms with Crippen LogP contribution in [0.2, 0.25) is 5.02 Å². The first-order valence-corrected chi connectivity index (χ1v) is 5.64. The molecule has 0 aliphatic heterocycles. The Kier molecular flexibility index (Phi) is 1.71. The summed E-state index contributed by atoms with van der Waals surface area (Å²) < 4.78 is 0. The van der Waals surface area contributed by atoms with Gasteiger partial charge >= 0.3 is 0 Å². The van der Waals surface area contributed by atoms with E-state index in [1.165, 1.54) is 30.4 Å². The maximum absolute atomic E-state index is 6.30. The van der Waals surface area contributed by atoms with Gasteiger partial charge in [0.1, 0.15) is 0 Å². The Balaban J connectivity index is 2.11. The molecule has 0 aromatic heterocycles. The van der Waals surface area contributed by atoms with Crippen LogP contribution < -0.4 is 5.73 Å². The Hall–Kier alpha value is -0.530. The molecule has 0 radical (unpaired) electrons. The van der Waals surface area contributed by atoms with Crippen LogP contribution in [-0.2, 0) is 6.42 Å². The Morgan fingerprint density at radius 3 is 2.79 bits per heavy atom. The quantitative estimate of drug-likeness (QED) is 0.695. The van der Waals surface area contributed by atoms with Crippen molar-refractivity contribution in [2.75, 3.05) is 0 Å². The van der Waals surface area contributed by atoms with Crippen molar-refractivity contribution in [1.82, 2.24) is 0 Å². The van der Waals surface area contributed by atoms with E-state index < -0.39 is 0 Å². The monoisotopic (exact) mass is 207 g/mol. The van der Waals surface area contributed by atoms with Gasteiger partial charge in [0.15, 0.2) is 0 Å². The first-order chi connectivity index (χ1) is 6.73. The SMILES string of the molecule is NC1c2cccc(Cl)c2CCC12CC2. The fourth-order valence-electron chi connectivity index (χ4n) is 2.71. The van der Waals surface area contributed by atoms with Gasteiger partial charge in [-0.1, -0.05) is 23.7 Å². The molecular formula is C12H14ClN. The number of halogens is 1. The highest BCUT2D eigenvalue weighted by atomic mass is 35.5. The van der Waals surface area contributed by atoms with Gasteiger partial charge in [0.2, 0.25) is 0 Å². The van der Waals surface area contributed by atoms with E-state index in [1.54, 1.807) is 0 Å². The van der Waals surface area contributed by atoms with Crippen molar-refractivity contribution in [2.45, 2.75) is 31.7 Å². The predicted octanol–water partition coefficient (Wildman–Crippen LogP) is 3.07. The molecule has 0 saturated heterocycles. The third-order valence-electron chi connectivity index (χ3n) is 3.92. The van der Waals surface area contributed by atoms with Gasteiger partial charge in [-0.05, 0) is 48.3 Å². The fraction of sp³-hybridized carbons (Fsp3) is 0.500. The van der Waals surface area contributed by atoms with Crippen LogP contribution in [0, 0.1) is 5.41 Å². The van der Waals surface area contributed by atoms with Crippen LogP contribution in [0.4, 0.5) is 0 Å². The van der Waals surface area contributed by atoms with E-state index in [4.69, 9.17) is 17.3 Å². The van der Waals surface area contributed by atoms with Crippen molar-refractivity contribution >= 4 is 11.6 Å². The lowest BCUT2D eigenvalue weighted by Gasteiger charge is -2.31. The summed E-state index contributed by atoms with van der Waals surface area (Å²) >= 11 is 6.17. The summed E-state index contributed by atoms with van der Waals surface area (Å²) in [6.45, 7) is 0. The summed E-state index contributed by atoms with van der Waals surface area (Å²) in [5.41, 5.74) is 9.32. The van der Waals surface area contributed by atoms with Crippen molar-refractivity contribution in [3.63, 3.8) is 0 Å². The van der Waals surface area contributed by atoms with E-state index in [0.717, 1.165) is 11.4 Å². The molecule has 1 fully saturated rings. The molecule has 1 saturated carbocycles. The smallest absolute Gasteiger partial charge is 0.0441 e. The second-order valence-corrected chi connectivity index (χ2v) is 5.05. The van der Waals surface area contributed by atoms with Gasteiger partial charge in [-0.25, -0.2) is 0 Å². The van der Waals surface area contributed by atoms with Gasteiger partial charge in [-0.2, -0.15) is 0 Å². The van der Waals surface area contributed by atoms with E-state index in [0.29, 0.717) is 5.41 Å². The first kappa shape index (κ1) is 8.75. The highest BCUT2D eigenvalue weighted by Crippen LogP contribution is 2.60. The molecule has 0 bridgehead atoms. The third kappa shape index (κ3) is 1.06. The molecule has 14 heavy (non-hydrogen) atoms. The van der Waals surface area contributed by atoms with Gasteiger partial charge in [0, 0.05) is 11.1 Å². The molecule has 2 heteroatoms. The lowest BCUT2D eigenvalue weighted by molar-refractivity contribution is 0.354. The number of nitrogens with two attached hydrogens (primary N) is 1. The minimum Gasteiger partial charge on any atom is -0.323 e. The van der Waals surface area contributed by atoms with Gasteiger partial charge in [0.05, 0.1) is 0 Å². The summed E-state index contributed by atoms with van der Waals surface area (Å²) in [7, 11) is 0. The van der Waals surface area contributed by atoms with Crippen LogP contribution in [0.25, 0.3) is 0 Å². The zero-order chi connectivity index (χ0) is 9.76. The zero-order valence-corrected chi connectivity index (χ0v) is 8.85. The van der Waals surface area contributed by atoms with Crippen molar-refractivity contribution in [1.29, 1.82) is 0 Å². The molecule has 74 valence electrons. The first-order valence-electron chi connectivity index (χ1n) is 5.26. The van der Waals surface area contributed by atoms with Crippen LogP contribution in [0.3, 0.4) is 0 Å². The van der Waals surface area contributed by atoms with Gasteiger partial charge in [-0.3, -0.25) is 0 Å². The summed E-state index contributed by atoms with van der Waals surface area (Å²) in [5, 5.41) is 0.897. The van der Waals surface area contributed by atoms with E-state index in [1.807, 2.05) is 12.1 Å². The molecule has 1 aromatic carbocycles. The average Bonchev–Trinajstić information content (AvgIpc) is 2.94. The normalized spacial score (nSPS) is 27.4. The Bertz CT molecular complexity index is 382. The summed E-state index contributed by atoms with van der Waals surface area (Å²) in [6, 6.07) is 6.36. The number of rotatable bonds is 0. The molecule has 3 rings (SSSR count). The van der Waals surface area contributed by atoms with Crippen molar-refractivity contribution < 1.29 is 0 Å². The molecule has 2 N–H and O–H groups in total. The van der Waals surface area contributed by atoms with Crippen molar-refractivity contribution in [2.24, 2.45) is 11.1 Å². The van der Waals surface area contributed by atoms with Crippen LogP contribution in [0.5, 0.6) is 0 Å². The second-order valence-electron chi connectivity index (χ2n) is 4.65. The van der Waals surface area contributed by atoms with Crippen LogP contribution in [-0.4, -0.2) is 0 Å². The number of hydrogen-bond acceptors (Lipinski definition) is 1. The van der Waals surface area contributed by atoms with E-state index in [-0.39, 0.29) is 6.04 Å². The van der Waals surface area contributed by atoms with E-state index >= 15 is 0 Å². The minimum absolute atomic E-state index is 0.227. The van der Waals surface area contributed by atoms with Gasteiger partial charge in [-0.15, -0.1) is 0 Å². The fourth-order valence-corrected chi connectivity index (χ4v) is 2.99. The average molecular weight is 208 g/mol. The number of hydrogen-bond donors (Lipinski definition) is 1. The topological polar surface area (TPSA) is 26.0 Å². The molecule has 2 aliphatic carbocycles. The van der Waals surface area contributed by atoms with E-state index in [9.17, 15) is 0 Å². The molecule has 1 aromatic rings. The third-order valence-corrected chi connectivity index (χ3v) is 4.27. The summed E-state index contributed by atoms with van der Waals surface area (Å²) in [5.74, 6) is 0. The predicted molar refractivity (Wildman–Crippen MR) is 58.4 cm³/mol. The van der Waals surface area contributed by atoms with Gasteiger partial charge in [0.25, 0.3) is 0 Å². The zero-order valence-electron chi connectivity index (χ0n) is 8.09. The minimum atomic E-state index is 0.227. The molecule has 1 nitrogen and oxygen atoms in total. The molecule has 1 unspecified atom stereocenters. The van der Waals surface area contributed by atoms with Gasteiger partial charge < -0.3 is 5.73 Å². The molecule has 2 aliphatic rings. The lowest BCUT2D eigenvalue weighted by atomic mass is 9.78. The summed E-state index contributed by atoms with van der Waals surface area (Å²) in [6.07, 6.45) is 4.95. The Labute approximate surface area is 89.3 Å². The van der Waals surface area contributed by atoms with Crippen LogP contribution in [0.15, 0.2) is 18.2 Å².